The molecule has 0 spiro atoms. The summed E-state index contributed by atoms with van der Waals surface area (Å²) in [6, 6.07) is 24.7. The van der Waals surface area contributed by atoms with E-state index in [9.17, 15) is 9.59 Å². The van der Waals surface area contributed by atoms with Gasteiger partial charge in [-0.3, -0.25) is 14.2 Å². The molecule has 0 saturated carbocycles. The molecule has 0 saturated heterocycles. The molecule has 4 rings (SSSR count). The second-order valence-corrected chi connectivity index (χ2v) is 6.82. The molecule has 0 unspecified atom stereocenters. The van der Waals surface area contributed by atoms with Gasteiger partial charge in [0.25, 0.3) is 11.5 Å². The van der Waals surface area contributed by atoms with E-state index in [0.29, 0.717) is 24.5 Å². The SMILES string of the molecule is O=C(COc1ccc2ccccc2c1)NCCn1cnc(-c2ccccc2)cc1=O. The Labute approximate surface area is 173 Å². The molecule has 0 radical (unpaired) electrons. The van der Waals surface area contributed by atoms with Crippen molar-refractivity contribution in [3.8, 4) is 17.0 Å². The van der Waals surface area contributed by atoms with Crippen LogP contribution in [0.25, 0.3) is 22.0 Å². The number of nitrogens with one attached hydrogen (secondary N) is 1. The van der Waals surface area contributed by atoms with Crippen molar-refractivity contribution >= 4 is 16.7 Å². The highest BCUT2D eigenvalue weighted by molar-refractivity contribution is 5.84. The Bertz CT molecular complexity index is 1220. The van der Waals surface area contributed by atoms with Crippen LogP contribution in [0.4, 0.5) is 0 Å². The highest BCUT2D eigenvalue weighted by atomic mass is 16.5. The number of rotatable bonds is 7. The maximum Gasteiger partial charge on any atom is 0.258 e. The van der Waals surface area contributed by atoms with Crippen molar-refractivity contribution in [2.75, 3.05) is 13.2 Å². The first kappa shape index (κ1) is 19.4. The summed E-state index contributed by atoms with van der Waals surface area (Å²) in [5, 5.41) is 4.93. The lowest BCUT2D eigenvalue weighted by molar-refractivity contribution is -0.123. The standard InChI is InChI=1S/C24H21N3O3/c28-23(16-30-21-11-10-18-6-4-5-9-20(18)14-21)25-12-13-27-17-26-22(15-24(27)29)19-7-2-1-3-8-19/h1-11,14-15,17H,12-13,16H2,(H,25,28). The van der Waals surface area contributed by atoms with E-state index >= 15 is 0 Å². The summed E-state index contributed by atoms with van der Waals surface area (Å²) in [7, 11) is 0. The minimum Gasteiger partial charge on any atom is -0.484 e. The number of carbonyl (C=O) groups is 1. The third kappa shape index (κ3) is 4.72. The fourth-order valence-corrected chi connectivity index (χ4v) is 3.13. The lowest BCUT2D eigenvalue weighted by Gasteiger charge is -2.10. The van der Waals surface area contributed by atoms with Crippen molar-refractivity contribution in [1.82, 2.24) is 14.9 Å². The molecule has 6 heteroatoms. The summed E-state index contributed by atoms with van der Waals surface area (Å²) in [5.74, 6) is 0.394. The molecule has 150 valence electrons. The molecule has 0 bridgehead atoms. The Kier molecular flexibility index (Phi) is 5.85. The molecular formula is C24H21N3O3. The normalized spacial score (nSPS) is 10.7. The van der Waals surface area contributed by atoms with Crippen LogP contribution in [0.1, 0.15) is 0 Å². The molecule has 0 aliphatic carbocycles. The van der Waals surface area contributed by atoms with Crippen LogP contribution in [0.15, 0.2) is 90.0 Å². The Balaban J connectivity index is 1.27. The number of hydrogen-bond acceptors (Lipinski definition) is 4. The molecule has 0 fully saturated rings. The molecule has 0 aliphatic heterocycles. The van der Waals surface area contributed by atoms with Crippen molar-refractivity contribution in [2.45, 2.75) is 6.54 Å². The number of fused-ring (bicyclic) bond motifs is 1. The first-order valence-corrected chi connectivity index (χ1v) is 9.69. The Morgan fingerprint density at radius 3 is 2.50 bits per heavy atom. The third-order valence-corrected chi connectivity index (χ3v) is 4.71. The van der Waals surface area contributed by atoms with Gasteiger partial charge in [0.2, 0.25) is 0 Å². The highest BCUT2D eigenvalue weighted by Gasteiger charge is 2.05. The van der Waals surface area contributed by atoms with Gasteiger partial charge in [-0.2, -0.15) is 0 Å². The van der Waals surface area contributed by atoms with Crippen molar-refractivity contribution in [3.05, 3.63) is 95.5 Å². The summed E-state index contributed by atoms with van der Waals surface area (Å²) in [6.45, 7) is 0.563. The zero-order valence-corrected chi connectivity index (χ0v) is 16.3. The summed E-state index contributed by atoms with van der Waals surface area (Å²) in [4.78, 5) is 28.7. The number of hydrogen-bond donors (Lipinski definition) is 1. The van der Waals surface area contributed by atoms with Crippen LogP contribution >= 0.6 is 0 Å². The maximum absolute atomic E-state index is 12.3. The van der Waals surface area contributed by atoms with E-state index in [4.69, 9.17) is 4.74 Å². The summed E-state index contributed by atoms with van der Waals surface area (Å²) in [6.07, 6.45) is 1.50. The topological polar surface area (TPSA) is 73.2 Å². The van der Waals surface area contributed by atoms with Gasteiger partial charge in [0.05, 0.1) is 12.0 Å². The van der Waals surface area contributed by atoms with Crippen LogP contribution in [0.3, 0.4) is 0 Å². The Morgan fingerprint density at radius 1 is 0.933 bits per heavy atom. The summed E-state index contributed by atoms with van der Waals surface area (Å²) in [5.41, 5.74) is 1.36. The van der Waals surface area contributed by atoms with Gasteiger partial charge in [0, 0.05) is 24.7 Å². The number of benzene rings is 3. The molecule has 0 aliphatic rings. The average Bonchev–Trinajstić information content (AvgIpc) is 2.79. The van der Waals surface area contributed by atoms with Crippen molar-refractivity contribution in [1.29, 1.82) is 0 Å². The first-order valence-electron chi connectivity index (χ1n) is 9.69. The monoisotopic (exact) mass is 399 g/mol. The predicted molar refractivity (Wildman–Crippen MR) is 116 cm³/mol. The number of aromatic nitrogens is 2. The first-order chi connectivity index (χ1) is 14.7. The van der Waals surface area contributed by atoms with E-state index in [1.807, 2.05) is 72.8 Å². The van der Waals surface area contributed by atoms with E-state index in [1.165, 1.54) is 17.0 Å². The van der Waals surface area contributed by atoms with E-state index in [0.717, 1.165) is 16.3 Å². The van der Waals surface area contributed by atoms with Crippen molar-refractivity contribution < 1.29 is 9.53 Å². The second kappa shape index (κ2) is 9.05. The number of carbonyl (C=O) groups excluding carboxylic acids is 1. The summed E-state index contributed by atoms with van der Waals surface area (Å²) < 4.78 is 7.04. The van der Waals surface area contributed by atoms with Gasteiger partial charge in [-0.25, -0.2) is 4.98 Å². The van der Waals surface area contributed by atoms with E-state index in [1.54, 1.807) is 0 Å². The molecule has 1 aromatic heterocycles. The van der Waals surface area contributed by atoms with Gasteiger partial charge >= 0.3 is 0 Å². The Hall–Kier alpha value is -3.93. The lowest BCUT2D eigenvalue weighted by Crippen LogP contribution is -2.33. The second-order valence-electron chi connectivity index (χ2n) is 6.82. The molecule has 1 amide bonds. The van der Waals surface area contributed by atoms with E-state index < -0.39 is 0 Å². The van der Waals surface area contributed by atoms with Gasteiger partial charge in [0.1, 0.15) is 5.75 Å². The molecular weight excluding hydrogens is 378 g/mol. The number of amides is 1. The highest BCUT2D eigenvalue weighted by Crippen LogP contribution is 2.20. The molecule has 1 heterocycles. The van der Waals surface area contributed by atoms with Gasteiger partial charge in [-0.1, -0.05) is 60.7 Å². The van der Waals surface area contributed by atoms with Crippen molar-refractivity contribution in [2.24, 2.45) is 0 Å². The van der Waals surface area contributed by atoms with Crippen LogP contribution in [-0.4, -0.2) is 28.6 Å². The maximum atomic E-state index is 12.3. The van der Waals surface area contributed by atoms with Crippen molar-refractivity contribution in [3.63, 3.8) is 0 Å². The predicted octanol–water partition coefficient (Wildman–Crippen LogP) is 3.26. The van der Waals surface area contributed by atoms with E-state index in [2.05, 4.69) is 10.3 Å². The van der Waals surface area contributed by atoms with Crippen LogP contribution in [0.5, 0.6) is 5.75 Å². The minimum absolute atomic E-state index is 0.0849. The molecule has 6 nitrogen and oxygen atoms in total. The third-order valence-electron chi connectivity index (χ3n) is 4.71. The molecule has 0 atom stereocenters. The molecule has 4 aromatic rings. The molecule has 30 heavy (non-hydrogen) atoms. The largest absolute Gasteiger partial charge is 0.484 e. The quantitative estimate of drug-likeness (QED) is 0.518. The number of ether oxygens (including phenoxy) is 1. The number of nitrogens with zero attached hydrogens (tertiary/aromatic N) is 2. The van der Waals surface area contributed by atoms with Crippen LogP contribution < -0.4 is 15.6 Å². The van der Waals surface area contributed by atoms with Gasteiger partial charge in [-0.15, -0.1) is 0 Å². The van der Waals surface area contributed by atoms with Crippen LogP contribution in [0, 0.1) is 0 Å². The molecule has 1 N–H and O–H groups in total. The Morgan fingerprint density at radius 2 is 1.70 bits per heavy atom. The lowest BCUT2D eigenvalue weighted by atomic mass is 10.1. The van der Waals surface area contributed by atoms with Gasteiger partial charge in [-0.05, 0) is 22.9 Å². The van der Waals surface area contributed by atoms with Crippen LogP contribution in [0.2, 0.25) is 0 Å². The summed E-state index contributed by atoms with van der Waals surface area (Å²) >= 11 is 0. The minimum atomic E-state index is -0.245. The fourth-order valence-electron chi connectivity index (χ4n) is 3.13. The smallest absolute Gasteiger partial charge is 0.258 e. The fraction of sp³-hybridized carbons (Fsp3) is 0.125. The zero-order chi connectivity index (χ0) is 20.8. The van der Waals surface area contributed by atoms with E-state index in [-0.39, 0.29) is 18.1 Å². The average molecular weight is 399 g/mol. The van der Waals surface area contributed by atoms with Crippen LogP contribution in [-0.2, 0) is 11.3 Å². The zero-order valence-electron chi connectivity index (χ0n) is 16.3. The van der Waals surface area contributed by atoms with Gasteiger partial charge < -0.3 is 10.1 Å². The molecule has 3 aromatic carbocycles. The van der Waals surface area contributed by atoms with Gasteiger partial charge in [0.15, 0.2) is 6.61 Å².